The van der Waals surface area contributed by atoms with Crippen molar-refractivity contribution in [1.82, 2.24) is 0 Å². The first-order valence-corrected chi connectivity index (χ1v) is 35.6. The highest BCUT2D eigenvalue weighted by Gasteiger charge is 2.19. The molecule has 0 aromatic carbocycles. The maximum absolute atomic E-state index is 12.9. The Morgan fingerprint density at radius 3 is 0.713 bits per heavy atom. The molecule has 468 valence electrons. The molecule has 0 heterocycles. The number of unbranched alkanes of at least 4 members (excludes halogenated alkanes) is 47. The van der Waals surface area contributed by atoms with Crippen molar-refractivity contribution in [2.24, 2.45) is 0 Å². The summed E-state index contributed by atoms with van der Waals surface area (Å²) in [4.78, 5) is 38.2. The molecule has 0 saturated carbocycles. The van der Waals surface area contributed by atoms with Crippen LogP contribution in [0.3, 0.4) is 0 Å². The Morgan fingerprint density at radius 2 is 0.450 bits per heavy atom. The number of rotatable bonds is 66. The van der Waals surface area contributed by atoms with Gasteiger partial charge in [0.15, 0.2) is 6.10 Å². The van der Waals surface area contributed by atoms with Gasteiger partial charge >= 0.3 is 17.9 Å². The molecule has 1 unspecified atom stereocenters. The van der Waals surface area contributed by atoms with Crippen LogP contribution in [0.4, 0.5) is 0 Å². The van der Waals surface area contributed by atoms with Crippen LogP contribution in [0.2, 0.25) is 0 Å². The second-order valence-corrected chi connectivity index (χ2v) is 24.1. The van der Waals surface area contributed by atoms with Crippen molar-refractivity contribution in [1.29, 1.82) is 0 Å². The minimum Gasteiger partial charge on any atom is -0.462 e. The summed E-state index contributed by atoms with van der Waals surface area (Å²) in [5.41, 5.74) is 0. The van der Waals surface area contributed by atoms with E-state index in [2.05, 4.69) is 69.4 Å². The van der Waals surface area contributed by atoms with Crippen LogP contribution in [0, 0.1) is 0 Å². The van der Waals surface area contributed by atoms with E-state index in [1.54, 1.807) is 0 Å². The normalized spacial score (nSPS) is 12.3. The van der Waals surface area contributed by atoms with Gasteiger partial charge in [0, 0.05) is 19.3 Å². The Kier molecular flexibility index (Phi) is 66.6. The number of allylic oxidation sites excluding steroid dienone is 8. The maximum Gasteiger partial charge on any atom is 0.306 e. The molecule has 6 heteroatoms. The topological polar surface area (TPSA) is 78.9 Å². The zero-order valence-electron chi connectivity index (χ0n) is 53.9. The van der Waals surface area contributed by atoms with Gasteiger partial charge in [-0.1, -0.05) is 333 Å². The number of esters is 3. The Bertz CT molecular complexity index is 1380. The van der Waals surface area contributed by atoms with Gasteiger partial charge in [-0.05, 0) is 83.5 Å². The van der Waals surface area contributed by atoms with E-state index in [-0.39, 0.29) is 31.1 Å². The summed E-state index contributed by atoms with van der Waals surface area (Å²) in [5, 5.41) is 0. The molecule has 0 aromatic rings. The predicted octanol–water partition coefficient (Wildman–Crippen LogP) is 24.5. The Balaban J connectivity index is 4.06. The van der Waals surface area contributed by atoms with E-state index < -0.39 is 6.10 Å². The Morgan fingerprint density at radius 1 is 0.250 bits per heavy atom. The molecule has 0 fully saturated rings. The van der Waals surface area contributed by atoms with Gasteiger partial charge in [0.2, 0.25) is 0 Å². The first kappa shape index (κ1) is 77.4. The second-order valence-electron chi connectivity index (χ2n) is 24.1. The van der Waals surface area contributed by atoms with Gasteiger partial charge < -0.3 is 14.2 Å². The lowest BCUT2D eigenvalue weighted by Crippen LogP contribution is -2.30. The van der Waals surface area contributed by atoms with E-state index >= 15 is 0 Å². The lowest BCUT2D eigenvalue weighted by molar-refractivity contribution is -0.167. The first-order valence-electron chi connectivity index (χ1n) is 35.6. The number of ether oxygens (including phenoxy) is 3. The van der Waals surface area contributed by atoms with Crippen LogP contribution in [-0.2, 0) is 28.6 Å². The highest BCUT2D eigenvalue weighted by Crippen LogP contribution is 2.18. The lowest BCUT2D eigenvalue weighted by atomic mass is 10.0. The van der Waals surface area contributed by atoms with E-state index in [9.17, 15) is 14.4 Å². The molecule has 0 aliphatic heterocycles. The van der Waals surface area contributed by atoms with Crippen LogP contribution in [0.1, 0.15) is 387 Å². The molecule has 0 aromatic heterocycles. The third kappa shape index (κ3) is 66.2. The largest absolute Gasteiger partial charge is 0.462 e. The van der Waals surface area contributed by atoms with Crippen molar-refractivity contribution < 1.29 is 28.6 Å². The van der Waals surface area contributed by atoms with E-state index in [1.807, 2.05) is 0 Å². The minimum absolute atomic E-state index is 0.0686. The number of carbonyl (C=O) groups is 3. The molecule has 0 rings (SSSR count). The van der Waals surface area contributed by atoms with Crippen LogP contribution in [0.5, 0.6) is 0 Å². The summed E-state index contributed by atoms with van der Waals surface area (Å²) in [7, 11) is 0. The molecular formula is C74H136O6. The average molecular weight is 1120 g/mol. The molecule has 0 spiro atoms. The SMILES string of the molecule is CCCCCCC/C=C\C/C=C\C/C=C\CCCCCCCCCCCCCCCCCCC(=O)OCC(COC(=O)CCCCCCCCCC)OC(=O)CCCCCCCCCCCCC/C=C\CCCCCCCCCC. The van der Waals surface area contributed by atoms with E-state index in [0.717, 1.165) is 70.6 Å². The predicted molar refractivity (Wildman–Crippen MR) is 349 cm³/mol. The van der Waals surface area contributed by atoms with Crippen molar-refractivity contribution in [3.8, 4) is 0 Å². The number of hydrogen-bond donors (Lipinski definition) is 0. The molecule has 0 amide bonds. The Labute approximate surface area is 498 Å². The summed E-state index contributed by atoms with van der Waals surface area (Å²) >= 11 is 0. The quantitative estimate of drug-likeness (QED) is 0.0261. The molecule has 6 nitrogen and oxygen atoms in total. The summed E-state index contributed by atoms with van der Waals surface area (Å²) < 4.78 is 16.9. The fourth-order valence-corrected chi connectivity index (χ4v) is 10.7. The van der Waals surface area contributed by atoms with Crippen molar-refractivity contribution in [2.45, 2.75) is 393 Å². The molecule has 1 atom stereocenters. The maximum atomic E-state index is 12.9. The molecule has 80 heavy (non-hydrogen) atoms. The third-order valence-electron chi connectivity index (χ3n) is 16.1. The highest BCUT2D eigenvalue weighted by molar-refractivity contribution is 5.71. The molecule has 0 bridgehead atoms. The van der Waals surface area contributed by atoms with Gasteiger partial charge in [-0.3, -0.25) is 14.4 Å². The van der Waals surface area contributed by atoms with Crippen LogP contribution in [0.15, 0.2) is 48.6 Å². The zero-order valence-corrected chi connectivity index (χ0v) is 53.9. The minimum atomic E-state index is -0.770. The van der Waals surface area contributed by atoms with Gasteiger partial charge in [-0.2, -0.15) is 0 Å². The van der Waals surface area contributed by atoms with E-state index in [1.165, 1.54) is 276 Å². The molecule has 0 aliphatic rings. The van der Waals surface area contributed by atoms with Gasteiger partial charge in [0.1, 0.15) is 13.2 Å². The lowest BCUT2D eigenvalue weighted by Gasteiger charge is -2.18. The monoisotopic (exact) mass is 1120 g/mol. The summed E-state index contributed by atoms with van der Waals surface area (Å²) in [5.74, 6) is -0.850. The standard InChI is InChI=1S/C74H136O6/c1-4-7-10-13-16-19-21-23-25-27-29-31-33-34-35-36-37-38-39-40-42-43-45-47-49-51-53-55-58-61-64-67-73(76)79-70-71(69-78-72(75)66-63-60-57-18-15-12-9-6-3)80-74(77)68-65-62-59-56-54-52-50-48-46-44-41-32-30-28-26-24-22-20-17-14-11-8-5-2/h21,23,27-30,33-34,71H,4-20,22,24-26,31-32,35-70H2,1-3H3/b23-21-,29-27-,30-28-,34-33-. The zero-order chi connectivity index (χ0) is 57.8. The van der Waals surface area contributed by atoms with Crippen molar-refractivity contribution in [3.05, 3.63) is 48.6 Å². The van der Waals surface area contributed by atoms with Crippen LogP contribution in [0.25, 0.3) is 0 Å². The van der Waals surface area contributed by atoms with E-state index in [0.29, 0.717) is 19.3 Å². The smallest absolute Gasteiger partial charge is 0.306 e. The number of hydrogen-bond acceptors (Lipinski definition) is 6. The van der Waals surface area contributed by atoms with Crippen LogP contribution in [-0.4, -0.2) is 37.2 Å². The Hall–Kier alpha value is -2.63. The summed E-state index contributed by atoms with van der Waals surface area (Å²) in [6, 6.07) is 0. The molecule has 0 aliphatic carbocycles. The van der Waals surface area contributed by atoms with Gasteiger partial charge in [0.25, 0.3) is 0 Å². The van der Waals surface area contributed by atoms with Crippen molar-refractivity contribution in [2.75, 3.05) is 13.2 Å². The molecule has 0 saturated heterocycles. The fraction of sp³-hybridized carbons (Fsp3) is 0.851. The van der Waals surface area contributed by atoms with Crippen LogP contribution >= 0.6 is 0 Å². The van der Waals surface area contributed by atoms with Gasteiger partial charge in [-0.15, -0.1) is 0 Å². The number of carbonyl (C=O) groups excluding carboxylic acids is 3. The van der Waals surface area contributed by atoms with Gasteiger partial charge in [-0.25, -0.2) is 0 Å². The van der Waals surface area contributed by atoms with Crippen molar-refractivity contribution in [3.63, 3.8) is 0 Å². The molecule has 0 N–H and O–H groups in total. The third-order valence-corrected chi connectivity index (χ3v) is 16.1. The molecule has 0 radical (unpaired) electrons. The fourth-order valence-electron chi connectivity index (χ4n) is 10.7. The summed E-state index contributed by atoms with van der Waals surface area (Å²) in [6.07, 6.45) is 87.4. The highest BCUT2D eigenvalue weighted by atomic mass is 16.6. The first-order chi connectivity index (χ1) is 39.5. The van der Waals surface area contributed by atoms with Crippen LogP contribution < -0.4 is 0 Å². The molecular weight excluding hydrogens is 985 g/mol. The second kappa shape index (κ2) is 68.9. The average Bonchev–Trinajstić information content (AvgIpc) is 3.46. The summed E-state index contributed by atoms with van der Waals surface area (Å²) in [6.45, 7) is 6.66. The van der Waals surface area contributed by atoms with E-state index in [4.69, 9.17) is 14.2 Å². The van der Waals surface area contributed by atoms with Gasteiger partial charge in [0.05, 0.1) is 0 Å². The van der Waals surface area contributed by atoms with Crippen molar-refractivity contribution >= 4 is 17.9 Å².